The molecule has 1 heterocycles. The third-order valence-electron chi connectivity index (χ3n) is 3.32. The smallest absolute Gasteiger partial charge is 0.352 e. The Labute approximate surface area is 106 Å². The molecule has 1 saturated heterocycles. The summed E-state index contributed by atoms with van der Waals surface area (Å²) in [6, 6.07) is -1.31. The third kappa shape index (κ3) is 4.48. The van der Waals surface area contributed by atoms with Crippen molar-refractivity contribution in [2.24, 2.45) is 5.41 Å². The lowest BCUT2D eigenvalue weighted by molar-refractivity contribution is -0.142. The molecule has 0 saturated carbocycles. The van der Waals surface area contributed by atoms with E-state index in [1.165, 1.54) is 6.92 Å². The van der Waals surface area contributed by atoms with Gasteiger partial charge in [-0.1, -0.05) is 13.8 Å². The van der Waals surface area contributed by atoms with Crippen LogP contribution in [0.4, 0.5) is 13.2 Å². The maximum atomic E-state index is 12.2. The molecule has 0 spiro atoms. The number of carbonyl (C=O) groups is 1. The Balaban J connectivity index is 2.54. The summed E-state index contributed by atoms with van der Waals surface area (Å²) in [5, 5.41) is 5.52. The van der Waals surface area contributed by atoms with Gasteiger partial charge >= 0.3 is 6.18 Å². The number of carbonyl (C=O) groups excluding carboxylic acids is 1. The number of hydrogen-bond donors (Lipinski definition) is 2. The topological polar surface area (TPSA) is 41.1 Å². The van der Waals surface area contributed by atoms with E-state index in [0.29, 0.717) is 0 Å². The molecule has 1 aliphatic rings. The highest BCUT2D eigenvalue weighted by molar-refractivity contribution is 5.83. The van der Waals surface area contributed by atoms with Crippen molar-refractivity contribution in [2.75, 3.05) is 6.54 Å². The van der Waals surface area contributed by atoms with Crippen LogP contribution in [-0.2, 0) is 4.79 Å². The fourth-order valence-electron chi connectivity index (χ4n) is 2.38. The molecule has 2 atom stereocenters. The van der Waals surface area contributed by atoms with E-state index in [0.717, 1.165) is 19.4 Å². The van der Waals surface area contributed by atoms with E-state index in [-0.39, 0.29) is 11.3 Å². The average molecular weight is 266 g/mol. The molecule has 2 unspecified atom stereocenters. The van der Waals surface area contributed by atoms with E-state index in [9.17, 15) is 18.0 Å². The third-order valence-corrected chi connectivity index (χ3v) is 3.32. The molecule has 0 aliphatic carbocycles. The zero-order chi connectivity index (χ0) is 14.0. The van der Waals surface area contributed by atoms with E-state index < -0.39 is 24.7 Å². The largest absolute Gasteiger partial charge is 0.391 e. The minimum atomic E-state index is -4.25. The lowest BCUT2D eigenvalue weighted by Gasteiger charge is -2.38. The first-order valence-corrected chi connectivity index (χ1v) is 6.22. The van der Waals surface area contributed by atoms with E-state index >= 15 is 0 Å². The highest BCUT2D eigenvalue weighted by Crippen LogP contribution is 2.30. The molecule has 0 aromatic rings. The highest BCUT2D eigenvalue weighted by Gasteiger charge is 2.38. The van der Waals surface area contributed by atoms with Crippen LogP contribution in [-0.4, -0.2) is 30.7 Å². The summed E-state index contributed by atoms with van der Waals surface area (Å²) in [6.07, 6.45) is -3.37. The molecule has 0 bridgehead atoms. The fraction of sp³-hybridized carbons (Fsp3) is 0.917. The summed E-state index contributed by atoms with van der Waals surface area (Å²) in [7, 11) is 0. The zero-order valence-electron chi connectivity index (χ0n) is 11.0. The van der Waals surface area contributed by atoms with Crippen molar-refractivity contribution >= 4 is 5.91 Å². The first-order valence-electron chi connectivity index (χ1n) is 6.22. The van der Waals surface area contributed by atoms with Gasteiger partial charge in [0.2, 0.25) is 5.91 Å². The van der Waals surface area contributed by atoms with Gasteiger partial charge < -0.3 is 10.6 Å². The Morgan fingerprint density at radius 2 is 2.11 bits per heavy atom. The van der Waals surface area contributed by atoms with Crippen molar-refractivity contribution < 1.29 is 18.0 Å². The lowest BCUT2D eigenvalue weighted by Crippen LogP contribution is -2.57. The Kier molecular flexibility index (Phi) is 4.64. The molecule has 18 heavy (non-hydrogen) atoms. The van der Waals surface area contributed by atoms with Crippen molar-refractivity contribution in [1.82, 2.24) is 10.6 Å². The normalized spacial score (nSPS) is 25.6. The molecule has 1 rings (SSSR count). The summed E-state index contributed by atoms with van der Waals surface area (Å²) in [5.74, 6) is -0.337. The molecule has 0 radical (unpaired) electrons. The van der Waals surface area contributed by atoms with Crippen molar-refractivity contribution in [1.29, 1.82) is 0 Å². The quantitative estimate of drug-likeness (QED) is 0.822. The molecule has 3 nitrogen and oxygen atoms in total. The van der Waals surface area contributed by atoms with Crippen LogP contribution in [0.3, 0.4) is 0 Å². The van der Waals surface area contributed by atoms with Gasteiger partial charge in [-0.15, -0.1) is 0 Å². The number of nitrogens with one attached hydrogen (secondary N) is 2. The Bertz CT molecular complexity index is 302. The van der Waals surface area contributed by atoms with Gasteiger partial charge in [0.15, 0.2) is 0 Å². The second kappa shape index (κ2) is 5.47. The molecular weight excluding hydrogens is 245 g/mol. The van der Waals surface area contributed by atoms with E-state index in [1.807, 2.05) is 13.8 Å². The van der Waals surface area contributed by atoms with Crippen LogP contribution in [0.15, 0.2) is 0 Å². The first-order chi connectivity index (χ1) is 8.12. The van der Waals surface area contributed by atoms with Crippen LogP contribution in [0.2, 0.25) is 0 Å². The molecular formula is C12H21F3N2O. The Hall–Kier alpha value is -0.780. The lowest BCUT2D eigenvalue weighted by atomic mass is 9.77. The highest BCUT2D eigenvalue weighted by atomic mass is 19.4. The molecule has 106 valence electrons. The van der Waals surface area contributed by atoms with E-state index in [2.05, 4.69) is 10.6 Å². The van der Waals surface area contributed by atoms with Crippen LogP contribution in [0.5, 0.6) is 0 Å². The number of hydrogen-bond acceptors (Lipinski definition) is 2. The second-order valence-electron chi connectivity index (χ2n) is 5.71. The molecule has 1 aliphatic heterocycles. The van der Waals surface area contributed by atoms with Gasteiger partial charge in [-0.05, 0) is 31.7 Å². The van der Waals surface area contributed by atoms with E-state index in [4.69, 9.17) is 0 Å². The summed E-state index contributed by atoms with van der Waals surface area (Å²) in [6.45, 7) is 6.02. The van der Waals surface area contributed by atoms with Crippen molar-refractivity contribution in [3.63, 3.8) is 0 Å². The van der Waals surface area contributed by atoms with Crippen LogP contribution in [0, 0.1) is 5.41 Å². The van der Waals surface area contributed by atoms with Crippen LogP contribution in [0.1, 0.15) is 40.0 Å². The van der Waals surface area contributed by atoms with Gasteiger partial charge in [-0.25, -0.2) is 0 Å². The average Bonchev–Trinajstić information content (AvgIpc) is 2.12. The standard InChI is InChI=1S/C12H21F3N2O/c1-8(7-12(13,14)15)17-10(18)9-11(2,3)5-4-6-16-9/h8-9,16H,4-7H2,1-3H3,(H,17,18). The van der Waals surface area contributed by atoms with Gasteiger partial charge in [0.25, 0.3) is 0 Å². The number of piperidine rings is 1. The zero-order valence-corrected chi connectivity index (χ0v) is 11.0. The maximum Gasteiger partial charge on any atom is 0.391 e. The fourth-order valence-corrected chi connectivity index (χ4v) is 2.38. The summed E-state index contributed by atoms with van der Waals surface area (Å²) in [4.78, 5) is 12.0. The molecule has 0 aromatic carbocycles. The SMILES string of the molecule is CC(CC(F)(F)F)NC(=O)C1NCCCC1(C)C. The van der Waals surface area contributed by atoms with Crippen molar-refractivity contribution in [2.45, 2.75) is 58.3 Å². The van der Waals surface area contributed by atoms with Crippen LogP contribution in [0.25, 0.3) is 0 Å². The molecule has 6 heteroatoms. The van der Waals surface area contributed by atoms with Crippen LogP contribution < -0.4 is 10.6 Å². The number of alkyl halides is 3. The molecule has 1 fully saturated rings. The first kappa shape index (κ1) is 15.3. The Morgan fingerprint density at radius 1 is 1.50 bits per heavy atom. The van der Waals surface area contributed by atoms with Crippen LogP contribution >= 0.6 is 0 Å². The molecule has 0 aromatic heterocycles. The van der Waals surface area contributed by atoms with Crippen molar-refractivity contribution in [3.8, 4) is 0 Å². The summed E-state index contributed by atoms with van der Waals surface area (Å²) < 4.78 is 36.6. The van der Waals surface area contributed by atoms with Gasteiger partial charge in [-0.2, -0.15) is 13.2 Å². The summed E-state index contributed by atoms with van der Waals surface area (Å²) in [5.41, 5.74) is -0.222. The van der Waals surface area contributed by atoms with Gasteiger partial charge in [0, 0.05) is 6.04 Å². The van der Waals surface area contributed by atoms with E-state index in [1.54, 1.807) is 0 Å². The van der Waals surface area contributed by atoms with Gasteiger partial charge in [0.1, 0.15) is 0 Å². The summed E-state index contributed by atoms with van der Waals surface area (Å²) >= 11 is 0. The maximum absolute atomic E-state index is 12.2. The van der Waals surface area contributed by atoms with Gasteiger partial charge in [0.05, 0.1) is 12.5 Å². The number of rotatable bonds is 3. The monoisotopic (exact) mass is 266 g/mol. The molecule has 2 N–H and O–H groups in total. The minimum Gasteiger partial charge on any atom is -0.352 e. The second-order valence-corrected chi connectivity index (χ2v) is 5.71. The predicted octanol–water partition coefficient (Wildman–Crippen LogP) is 2.22. The van der Waals surface area contributed by atoms with Crippen molar-refractivity contribution in [3.05, 3.63) is 0 Å². The minimum absolute atomic E-state index is 0.222. The number of amides is 1. The Morgan fingerprint density at radius 3 is 2.61 bits per heavy atom. The van der Waals surface area contributed by atoms with Gasteiger partial charge in [-0.3, -0.25) is 4.79 Å². The predicted molar refractivity (Wildman–Crippen MR) is 63.1 cm³/mol. The molecule has 1 amide bonds. The number of halogens is 3.